The molecule has 0 radical (unpaired) electrons. The van der Waals surface area contributed by atoms with Crippen molar-refractivity contribution in [1.29, 1.82) is 0 Å². The van der Waals surface area contributed by atoms with E-state index in [4.69, 9.17) is 4.74 Å². The highest BCUT2D eigenvalue weighted by atomic mass is 16.5. The summed E-state index contributed by atoms with van der Waals surface area (Å²) in [6, 6.07) is 24.5. The van der Waals surface area contributed by atoms with Gasteiger partial charge in [0, 0.05) is 29.2 Å². The molecule has 0 saturated carbocycles. The predicted molar refractivity (Wildman–Crippen MR) is 113 cm³/mol. The zero-order valence-electron chi connectivity index (χ0n) is 15.9. The largest absolute Gasteiger partial charge is 0.424 e. The van der Waals surface area contributed by atoms with Crippen molar-refractivity contribution in [2.75, 3.05) is 5.32 Å². The number of aryl methyl sites for hydroxylation is 1. The van der Waals surface area contributed by atoms with Gasteiger partial charge in [0.25, 0.3) is 5.91 Å². The van der Waals surface area contributed by atoms with Crippen LogP contribution in [0.4, 0.5) is 5.69 Å². The van der Waals surface area contributed by atoms with Gasteiger partial charge in [0.15, 0.2) is 0 Å². The Labute approximate surface area is 169 Å². The van der Waals surface area contributed by atoms with E-state index >= 15 is 0 Å². The molecule has 1 aromatic heterocycles. The average Bonchev–Trinajstić information content (AvgIpc) is 2.76. The highest BCUT2D eigenvalue weighted by Gasteiger charge is 2.08. The molecular weight excluding hydrogens is 362 g/mol. The van der Waals surface area contributed by atoms with Gasteiger partial charge in [-0.15, -0.1) is 0 Å². The molecule has 5 nitrogen and oxygen atoms in total. The lowest BCUT2D eigenvalue weighted by molar-refractivity contribution is 0.102. The third kappa shape index (κ3) is 4.47. The van der Waals surface area contributed by atoms with Crippen molar-refractivity contribution in [2.45, 2.75) is 6.92 Å². The van der Waals surface area contributed by atoms with Gasteiger partial charge in [-0.3, -0.25) is 4.79 Å². The van der Waals surface area contributed by atoms with Crippen LogP contribution >= 0.6 is 0 Å². The smallest absolute Gasteiger partial charge is 0.321 e. The molecule has 0 aliphatic heterocycles. The fourth-order valence-corrected chi connectivity index (χ4v) is 2.91. The lowest BCUT2D eigenvalue weighted by atomic mass is 10.0. The van der Waals surface area contributed by atoms with Gasteiger partial charge in [-0.1, -0.05) is 42.5 Å². The number of rotatable bonds is 5. The first-order valence-corrected chi connectivity index (χ1v) is 9.21. The van der Waals surface area contributed by atoms with E-state index in [0.717, 1.165) is 22.4 Å². The van der Waals surface area contributed by atoms with Crippen molar-refractivity contribution in [1.82, 2.24) is 9.97 Å². The van der Waals surface area contributed by atoms with E-state index in [0.29, 0.717) is 11.3 Å². The van der Waals surface area contributed by atoms with E-state index in [1.807, 2.05) is 48.5 Å². The van der Waals surface area contributed by atoms with Crippen molar-refractivity contribution in [3.05, 3.63) is 102 Å². The fourth-order valence-electron chi connectivity index (χ4n) is 2.91. The van der Waals surface area contributed by atoms with Gasteiger partial charge in [-0.2, -0.15) is 0 Å². The Morgan fingerprint density at radius 2 is 1.48 bits per heavy atom. The van der Waals surface area contributed by atoms with E-state index in [-0.39, 0.29) is 11.9 Å². The summed E-state index contributed by atoms with van der Waals surface area (Å²) in [6.07, 6.45) is 3.48. The van der Waals surface area contributed by atoms with Gasteiger partial charge in [0.05, 0.1) is 0 Å². The molecule has 0 bridgehead atoms. The minimum absolute atomic E-state index is 0.179. The van der Waals surface area contributed by atoms with Crippen LogP contribution in [0.3, 0.4) is 0 Å². The summed E-state index contributed by atoms with van der Waals surface area (Å²) in [5, 5.41) is 2.85. The molecule has 0 aliphatic rings. The van der Waals surface area contributed by atoms with Crippen molar-refractivity contribution in [3.63, 3.8) is 0 Å². The molecule has 5 heteroatoms. The molecule has 29 heavy (non-hydrogen) atoms. The predicted octanol–water partition coefficient (Wildman–Crippen LogP) is 5.50. The first-order chi connectivity index (χ1) is 14.2. The Hall–Kier alpha value is -3.99. The number of anilines is 1. The number of hydrogen-bond donors (Lipinski definition) is 1. The maximum atomic E-state index is 12.3. The van der Waals surface area contributed by atoms with Crippen LogP contribution in [0.25, 0.3) is 11.1 Å². The molecule has 0 fully saturated rings. The molecule has 0 unspecified atom stereocenters. The maximum Gasteiger partial charge on any atom is 0.321 e. The van der Waals surface area contributed by atoms with Crippen LogP contribution < -0.4 is 10.1 Å². The highest BCUT2D eigenvalue weighted by Crippen LogP contribution is 2.24. The topological polar surface area (TPSA) is 64.1 Å². The Kier molecular flexibility index (Phi) is 5.29. The number of nitrogens with zero attached hydrogens (tertiary/aromatic N) is 2. The van der Waals surface area contributed by atoms with Crippen molar-refractivity contribution in [3.8, 4) is 22.9 Å². The third-order valence-corrected chi connectivity index (χ3v) is 4.44. The minimum atomic E-state index is -0.179. The summed E-state index contributed by atoms with van der Waals surface area (Å²) in [6.45, 7) is 2.05. The number of nitrogens with one attached hydrogen (secondary N) is 1. The lowest BCUT2D eigenvalue weighted by Crippen LogP contribution is -2.11. The van der Waals surface area contributed by atoms with Crippen molar-refractivity contribution in [2.24, 2.45) is 0 Å². The minimum Gasteiger partial charge on any atom is -0.424 e. The summed E-state index contributed by atoms with van der Waals surface area (Å²) in [5.74, 6) is 0.381. The number of ether oxygens (including phenoxy) is 1. The lowest BCUT2D eigenvalue weighted by Gasteiger charge is -2.08. The molecule has 4 aromatic rings. The maximum absolute atomic E-state index is 12.3. The summed E-state index contributed by atoms with van der Waals surface area (Å²) in [7, 11) is 0. The molecule has 0 saturated heterocycles. The van der Waals surface area contributed by atoms with Gasteiger partial charge in [0.2, 0.25) is 0 Å². The highest BCUT2D eigenvalue weighted by molar-refractivity contribution is 6.04. The number of aromatic nitrogens is 2. The van der Waals surface area contributed by atoms with Gasteiger partial charge in [-0.05, 0) is 54.4 Å². The van der Waals surface area contributed by atoms with Crippen LogP contribution in [-0.2, 0) is 0 Å². The Morgan fingerprint density at radius 1 is 0.828 bits per heavy atom. The third-order valence-electron chi connectivity index (χ3n) is 4.44. The average molecular weight is 381 g/mol. The molecule has 1 N–H and O–H groups in total. The number of hydrogen-bond acceptors (Lipinski definition) is 4. The van der Waals surface area contributed by atoms with Crippen LogP contribution in [0.15, 0.2) is 91.3 Å². The molecule has 0 aliphatic carbocycles. The van der Waals surface area contributed by atoms with E-state index in [1.54, 1.807) is 36.7 Å². The zero-order chi connectivity index (χ0) is 20.1. The Bertz CT molecular complexity index is 1110. The summed E-state index contributed by atoms with van der Waals surface area (Å²) in [5.41, 5.74) is 4.47. The quantitative estimate of drug-likeness (QED) is 0.496. The van der Waals surface area contributed by atoms with Crippen molar-refractivity contribution < 1.29 is 9.53 Å². The molecule has 4 rings (SSSR count). The first kappa shape index (κ1) is 18.4. The summed E-state index contributed by atoms with van der Waals surface area (Å²) >= 11 is 0. The zero-order valence-corrected chi connectivity index (χ0v) is 15.9. The second kappa shape index (κ2) is 8.35. The van der Waals surface area contributed by atoms with Crippen molar-refractivity contribution >= 4 is 11.6 Å². The summed E-state index contributed by atoms with van der Waals surface area (Å²) < 4.78 is 5.70. The van der Waals surface area contributed by atoms with E-state index in [9.17, 15) is 4.79 Å². The molecular formula is C24H19N3O2. The molecule has 3 aromatic carbocycles. The van der Waals surface area contributed by atoms with Crippen LogP contribution in [0.1, 0.15) is 15.9 Å². The fraction of sp³-hybridized carbons (Fsp3) is 0.0417. The van der Waals surface area contributed by atoms with E-state index in [2.05, 4.69) is 28.3 Å². The van der Waals surface area contributed by atoms with Gasteiger partial charge >= 0.3 is 6.01 Å². The van der Waals surface area contributed by atoms with E-state index in [1.165, 1.54) is 0 Å². The second-order valence-corrected chi connectivity index (χ2v) is 6.52. The summed E-state index contributed by atoms with van der Waals surface area (Å²) in [4.78, 5) is 20.9. The number of para-hydroxylation sites is 1. The monoisotopic (exact) mass is 381 g/mol. The number of benzene rings is 3. The van der Waals surface area contributed by atoms with Gasteiger partial charge in [0.1, 0.15) is 5.75 Å². The van der Waals surface area contributed by atoms with Crippen LogP contribution in [0.2, 0.25) is 0 Å². The normalized spacial score (nSPS) is 10.4. The van der Waals surface area contributed by atoms with Gasteiger partial charge < -0.3 is 10.1 Å². The number of carbonyl (C=O) groups is 1. The van der Waals surface area contributed by atoms with Crippen LogP contribution in [-0.4, -0.2) is 15.9 Å². The second-order valence-electron chi connectivity index (χ2n) is 6.52. The number of amides is 1. The Balaban J connectivity index is 1.42. The molecule has 1 amide bonds. The molecule has 0 spiro atoms. The van der Waals surface area contributed by atoms with Crippen LogP contribution in [0.5, 0.6) is 11.8 Å². The Morgan fingerprint density at radius 3 is 2.17 bits per heavy atom. The molecule has 0 atom stereocenters. The van der Waals surface area contributed by atoms with Gasteiger partial charge in [-0.25, -0.2) is 9.97 Å². The first-order valence-electron chi connectivity index (χ1n) is 9.21. The SMILES string of the molecule is Cc1ccccc1-c1cnc(Oc2ccc(C(=O)Nc3ccccc3)cc2)nc1. The molecule has 142 valence electrons. The van der Waals surface area contributed by atoms with E-state index < -0.39 is 0 Å². The number of carbonyl (C=O) groups excluding carboxylic acids is 1. The standard InChI is InChI=1S/C24H19N3O2/c1-17-7-5-6-10-22(17)19-15-25-24(26-16-19)29-21-13-11-18(12-14-21)23(28)27-20-8-3-2-4-9-20/h2-16H,1H3,(H,27,28). The van der Waals surface area contributed by atoms with Crippen LogP contribution in [0, 0.1) is 6.92 Å². The molecule has 1 heterocycles.